The Kier molecular flexibility index (Phi) is 3.51. The Labute approximate surface area is 116 Å². The number of nitrogens with one attached hydrogen (secondary N) is 1. The molecule has 0 saturated carbocycles. The Morgan fingerprint density at radius 2 is 2.05 bits per heavy atom. The van der Waals surface area contributed by atoms with Gasteiger partial charge in [0.1, 0.15) is 4.90 Å². The predicted molar refractivity (Wildman–Crippen MR) is 72.7 cm³/mol. The van der Waals surface area contributed by atoms with Crippen molar-refractivity contribution in [2.45, 2.75) is 18.7 Å². The van der Waals surface area contributed by atoms with Crippen molar-refractivity contribution in [3.63, 3.8) is 0 Å². The average Bonchev–Trinajstić information content (AvgIpc) is 2.56. The summed E-state index contributed by atoms with van der Waals surface area (Å²) in [5, 5.41) is 4.38. The van der Waals surface area contributed by atoms with Crippen LogP contribution in [0.2, 0.25) is 5.02 Å². The highest BCUT2D eigenvalue weighted by atomic mass is 35.5. The van der Waals surface area contributed by atoms with Crippen molar-refractivity contribution in [3.8, 4) is 0 Å². The molecule has 0 aliphatic carbocycles. The molecule has 0 aromatic carbocycles. The van der Waals surface area contributed by atoms with Crippen LogP contribution in [0.3, 0.4) is 0 Å². The van der Waals surface area contributed by atoms with Gasteiger partial charge >= 0.3 is 0 Å². The van der Waals surface area contributed by atoms with Gasteiger partial charge in [-0.15, -0.1) is 0 Å². The normalized spacial score (nSPS) is 11.6. The quantitative estimate of drug-likeness (QED) is 0.939. The molecule has 102 valence electrons. The lowest BCUT2D eigenvalue weighted by Gasteiger charge is -2.09. The van der Waals surface area contributed by atoms with Crippen molar-refractivity contribution in [2.75, 3.05) is 4.72 Å². The maximum atomic E-state index is 12.4. The summed E-state index contributed by atoms with van der Waals surface area (Å²) in [5.74, 6) is 0. The van der Waals surface area contributed by atoms with Crippen molar-refractivity contribution in [1.82, 2.24) is 14.8 Å². The highest BCUT2D eigenvalue weighted by Gasteiger charge is 2.24. The number of nitrogens with zero attached hydrogens (tertiary/aromatic N) is 3. The van der Waals surface area contributed by atoms with Crippen LogP contribution in [-0.4, -0.2) is 23.2 Å². The first-order valence-electron chi connectivity index (χ1n) is 5.45. The molecule has 0 aliphatic heterocycles. The second kappa shape index (κ2) is 4.82. The molecule has 6 nitrogen and oxygen atoms in total. The molecule has 2 rings (SSSR count). The number of rotatable bonds is 3. The van der Waals surface area contributed by atoms with Crippen molar-refractivity contribution in [2.24, 2.45) is 7.05 Å². The molecule has 0 spiro atoms. The minimum Gasteiger partial charge on any atom is -0.276 e. The van der Waals surface area contributed by atoms with Crippen molar-refractivity contribution >= 4 is 27.3 Å². The molecular formula is C11H13ClN4O2S. The summed E-state index contributed by atoms with van der Waals surface area (Å²) in [6.07, 6.45) is 2.85. The van der Waals surface area contributed by atoms with E-state index in [2.05, 4.69) is 14.8 Å². The average molecular weight is 301 g/mol. The number of hydrogen-bond donors (Lipinski definition) is 1. The minimum atomic E-state index is -3.73. The number of aryl methyl sites for hydroxylation is 2. The van der Waals surface area contributed by atoms with Gasteiger partial charge in [0.25, 0.3) is 10.0 Å². The molecule has 0 atom stereocenters. The first-order valence-corrected chi connectivity index (χ1v) is 7.31. The highest BCUT2D eigenvalue weighted by molar-refractivity contribution is 7.92. The Balaban J connectivity index is 2.47. The molecule has 2 aromatic rings. The van der Waals surface area contributed by atoms with Gasteiger partial charge in [0.15, 0.2) is 0 Å². The van der Waals surface area contributed by atoms with Crippen LogP contribution in [0.15, 0.2) is 23.4 Å². The molecule has 2 aromatic heterocycles. The van der Waals surface area contributed by atoms with E-state index < -0.39 is 10.0 Å². The van der Waals surface area contributed by atoms with Gasteiger partial charge in [0, 0.05) is 13.2 Å². The van der Waals surface area contributed by atoms with Crippen LogP contribution in [0.1, 0.15) is 11.4 Å². The van der Waals surface area contributed by atoms with Crippen LogP contribution in [0.4, 0.5) is 5.69 Å². The van der Waals surface area contributed by atoms with Gasteiger partial charge in [0.05, 0.1) is 28.3 Å². The third-order valence-electron chi connectivity index (χ3n) is 2.72. The van der Waals surface area contributed by atoms with Crippen LogP contribution in [-0.2, 0) is 17.1 Å². The molecule has 0 saturated heterocycles. The SMILES string of the molecule is Cc1nn(C)c(C)c1S(=O)(=O)Nc1cnccc1Cl. The Bertz CT molecular complexity index is 724. The largest absolute Gasteiger partial charge is 0.276 e. The lowest BCUT2D eigenvalue weighted by Crippen LogP contribution is -2.15. The van der Waals surface area contributed by atoms with Gasteiger partial charge in [-0.2, -0.15) is 5.10 Å². The summed E-state index contributed by atoms with van der Waals surface area (Å²) in [5.41, 5.74) is 1.24. The van der Waals surface area contributed by atoms with E-state index in [0.29, 0.717) is 11.4 Å². The van der Waals surface area contributed by atoms with Crippen LogP contribution in [0.25, 0.3) is 0 Å². The zero-order chi connectivity index (χ0) is 14.2. The van der Waals surface area contributed by atoms with Crippen molar-refractivity contribution in [3.05, 3.63) is 34.9 Å². The summed E-state index contributed by atoms with van der Waals surface area (Å²) in [6.45, 7) is 3.34. The maximum absolute atomic E-state index is 12.4. The molecule has 1 N–H and O–H groups in total. The van der Waals surface area contributed by atoms with E-state index in [4.69, 9.17) is 11.6 Å². The maximum Gasteiger partial charge on any atom is 0.265 e. The molecule has 19 heavy (non-hydrogen) atoms. The summed E-state index contributed by atoms with van der Waals surface area (Å²) in [7, 11) is -2.04. The third-order valence-corrected chi connectivity index (χ3v) is 4.67. The number of anilines is 1. The number of halogens is 1. The molecule has 0 amide bonds. The van der Waals surface area contributed by atoms with Gasteiger partial charge in [-0.3, -0.25) is 14.4 Å². The Morgan fingerprint density at radius 1 is 1.37 bits per heavy atom. The fourth-order valence-electron chi connectivity index (χ4n) is 1.79. The number of pyridine rings is 1. The second-order valence-electron chi connectivity index (χ2n) is 4.08. The predicted octanol–water partition coefficient (Wildman–Crippen LogP) is 1.89. The van der Waals surface area contributed by atoms with Crippen molar-refractivity contribution in [1.29, 1.82) is 0 Å². The summed E-state index contributed by atoms with van der Waals surface area (Å²) < 4.78 is 28.7. The molecular weight excluding hydrogens is 288 g/mol. The monoisotopic (exact) mass is 300 g/mol. The molecule has 0 unspecified atom stereocenters. The zero-order valence-corrected chi connectivity index (χ0v) is 12.2. The van der Waals surface area contributed by atoms with Crippen LogP contribution in [0.5, 0.6) is 0 Å². The third kappa shape index (κ3) is 2.57. The molecule has 8 heteroatoms. The summed E-state index contributed by atoms with van der Waals surface area (Å²) in [6, 6.07) is 1.52. The lowest BCUT2D eigenvalue weighted by atomic mass is 10.4. The van der Waals surface area contributed by atoms with Crippen molar-refractivity contribution < 1.29 is 8.42 Å². The van der Waals surface area contributed by atoms with Gasteiger partial charge in [-0.1, -0.05) is 11.6 Å². The first kappa shape index (κ1) is 13.8. The second-order valence-corrected chi connectivity index (χ2v) is 6.11. The molecule has 0 radical (unpaired) electrons. The number of aromatic nitrogens is 3. The topological polar surface area (TPSA) is 76.9 Å². The van der Waals surface area contributed by atoms with Gasteiger partial charge < -0.3 is 0 Å². The van der Waals surface area contributed by atoms with E-state index in [1.807, 2.05) is 0 Å². The fraction of sp³-hybridized carbons (Fsp3) is 0.273. The van der Waals surface area contributed by atoms with Crippen LogP contribution >= 0.6 is 11.6 Å². The van der Waals surface area contributed by atoms with E-state index in [-0.39, 0.29) is 15.6 Å². The zero-order valence-electron chi connectivity index (χ0n) is 10.7. The molecule has 0 aliphatic rings. The van der Waals surface area contributed by atoms with Crippen LogP contribution < -0.4 is 4.72 Å². The van der Waals surface area contributed by atoms with E-state index >= 15 is 0 Å². The lowest BCUT2D eigenvalue weighted by molar-refractivity contribution is 0.599. The summed E-state index contributed by atoms with van der Waals surface area (Å²) >= 11 is 5.91. The molecule has 0 bridgehead atoms. The molecule has 2 heterocycles. The number of sulfonamides is 1. The Hall–Kier alpha value is -1.60. The van der Waals surface area contributed by atoms with Gasteiger partial charge in [-0.25, -0.2) is 8.42 Å². The first-order chi connectivity index (χ1) is 8.83. The van der Waals surface area contributed by atoms with Gasteiger partial charge in [0.2, 0.25) is 0 Å². The van der Waals surface area contributed by atoms with E-state index in [1.165, 1.54) is 23.1 Å². The smallest absolute Gasteiger partial charge is 0.265 e. The van der Waals surface area contributed by atoms with E-state index in [1.54, 1.807) is 20.9 Å². The Morgan fingerprint density at radius 3 is 2.58 bits per heavy atom. The van der Waals surface area contributed by atoms with E-state index in [0.717, 1.165) is 0 Å². The fourth-order valence-corrected chi connectivity index (χ4v) is 3.50. The van der Waals surface area contributed by atoms with Crippen LogP contribution in [0, 0.1) is 13.8 Å². The van der Waals surface area contributed by atoms with Gasteiger partial charge in [-0.05, 0) is 19.9 Å². The number of hydrogen-bond acceptors (Lipinski definition) is 4. The van der Waals surface area contributed by atoms with E-state index in [9.17, 15) is 8.42 Å². The highest BCUT2D eigenvalue weighted by Crippen LogP contribution is 2.25. The standard InChI is InChI=1S/C11H13ClN4O2S/c1-7-11(8(2)16(3)14-7)19(17,18)15-10-6-13-5-4-9(10)12/h4-6,15H,1-3H3. The summed E-state index contributed by atoms with van der Waals surface area (Å²) in [4.78, 5) is 4.00. The minimum absolute atomic E-state index is 0.162. The molecule has 0 fully saturated rings.